The number of amides is 1. The van der Waals surface area contributed by atoms with Gasteiger partial charge in [0.25, 0.3) is 0 Å². The third kappa shape index (κ3) is 12.1. The number of carbonyl (C=O) groups excluding carboxylic acids is 1. The molecule has 1 amide bonds. The van der Waals surface area contributed by atoms with Crippen LogP contribution in [0, 0.1) is 0 Å². The zero-order chi connectivity index (χ0) is 9.98. The maximum absolute atomic E-state index is 10.7. The SMILES string of the molecule is CC.CNC(=O)CCCN(C)C. The van der Waals surface area contributed by atoms with Gasteiger partial charge in [0.1, 0.15) is 0 Å². The minimum Gasteiger partial charge on any atom is -0.359 e. The van der Waals surface area contributed by atoms with Crippen LogP contribution >= 0.6 is 0 Å². The molecule has 0 radical (unpaired) electrons. The van der Waals surface area contributed by atoms with Crippen molar-refractivity contribution in [2.24, 2.45) is 0 Å². The minimum atomic E-state index is 0.127. The van der Waals surface area contributed by atoms with Crippen molar-refractivity contribution in [1.82, 2.24) is 10.2 Å². The van der Waals surface area contributed by atoms with Gasteiger partial charge in [0, 0.05) is 13.5 Å². The lowest BCUT2D eigenvalue weighted by Crippen LogP contribution is -2.20. The molecule has 0 aliphatic rings. The van der Waals surface area contributed by atoms with Crippen molar-refractivity contribution in [2.45, 2.75) is 26.7 Å². The predicted molar refractivity (Wildman–Crippen MR) is 53.2 cm³/mol. The lowest BCUT2D eigenvalue weighted by atomic mass is 10.3. The van der Waals surface area contributed by atoms with E-state index in [1.807, 2.05) is 27.9 Å². The van der Waals surface area contributed by atoms with Crippen LogP contribution in [0.1, 0.15) is 26.7 Å². The molecule has 0 aromatic heterocycles. The highest BCUT2D eigenvalue weighted by atomic mass is 16.1. The second-order valence-corrected chi connectivity index (χ2v) is 2.58. The van der Waals surface area contributed by atoms with Crippen molar-refractivity contribution < 1.29 is 4.79 Å². The third-order valence-electron chi connectivity index (χ3n) is 1.29. The van der Waals surface area contributed by atoms with Crippen LogP contribution in [0.4, 0.5) is 0 Å². The number of nitrogens with zero attached hydrogens (tertiary/aromatic N) is 1. The Hall–Kier alpha value is -0.570. The first kappa shape index (κ1) is 14.0. The van der Waals surface area contributed by atoms with Gasteiger partial charge in [-0.3, -0.25) is 4.79 Å². The maximum Gasteiger partial charge on any atom is 0.219 e. The molecule has 0 heterocycles. The molecule has 0 saturated carbocycles. The molecule has 0 spiro atoms. The first-order chi connectivity index (χ1) is 5.66. The van der Waals surface area contributed by atoms with E-state index >= 15 is 0 Å². The van der Waals surface area contributed by atoms with E-state index in [2.05, 4.69) is 10.2 Å². The first-order valence-electron chi connectivity index (χ1n) is 4.52. The van der Waals surface area contributed by atoms with Gasteiger partial charge in [-0.2, -0.15) is 0 Å². The van der Waals surface area contributed by atoms with E-state index in [4.69, 9.17) is 0 Å². The molecule has 12 heavy (non-hydrogen) atoms. The molecular weight excluding hydrogens is 152 g/mol. The number of hydrogen-bond acceptors (Lipinski definition) is 2. The highest BCUT2D eigenvalue weighted by Gasteiger charge is 1.96. The molecule has 3 nitrogen and oxygen atoms in total. The van der Waals surface area contributed by atoms with Crippen molar-refractivity contribution in [1.29, 1.82) is 0 Å². The van der Waals surface area contributed by atoms with Crippen LogP contribution in [0.5, 0.6) is 0 Å². The Labute approximate surface area is 76.1 Å². The average molecular weight is 174 g/mol. The second-order valence-electron chi connectivity index (χ2n) is 2.58. The van der Waals surface area contributed by atoms with E-state index in [9.17, 15) is 4.79 Å². The number of carbonyl (C=O) groups is 1. The zero-order valence-electron chi connectivity index (χ0n) is 8.98. The van der Waals surface area contributed by atoms with Crippen LogP contribution in [0.15, 0.2) is 0 Å². The summed E-state index contributed by atoms with van der Waals surface area (Å²) in [5.74, 6) is 0.127. The predicted octanol–water partition coefficient (Wildman–Crippen LogP) is 1.10. The van der Waals surface area contributed by atoms with Gasteiger partial charge < -0.3 is 10.2 Å². The third-order valence-corrected chi connectivity index (χ3v) is 1.29. The molecule has 0 fully saturated rings. The Bertz CT molecular complexity index is 103. The summed E-state index contributed by atoms with van der Waals surface area (Å²) in [5.41, 5.74) is 0. The van der Waals surface area contributed by atoms with Crippen LogP contribution in [-0.4, -0.2) is 38.5 Å². The fraction of sp³-hybridized carbons (Fsp3) is 0.889. The topological polar surface area (TPSA) is 32.3 Å². The van der Waals surface area contributed by atoms with E-state index in [-0.39, 0.29) is 5.91 Å². The molecule has 0 aromatic rings. The molecule has 3 heteroatoms. The smallest absolute Gasteiger partial charge is 0.219 e. The molecule has 0 aliphatic heterocycles. The molecule has 0 unspecified atom stereocenters. The van der Waals surface area contributed by atoms with Crippen molar-refractivity contribution in [3.63, 3.8) is 0 Å². The summed E-state index contributed by atoms with van der Waals surface area (Å²) in [6, 6.07) is 0. The Morgan fingerprint density at radius 3 is 2.17 bits per heavy atom. The largest absolute Gasteiger partial charge is 0.359 e. The normalized spacial score (nSPS) is 8.83. The Balaban J connectivity index is 0. The fourth-order valence-electron chi connectivity index (χ4n) is 0.681. The minimum absolute atomic E-state index is 0.127. The van der Waals surface area contributed by atoms with Gasteiger partial charge in [-0.1, -0.05) is 13.8 Å². The molecule has 0 saturated heterocycles. The van der Waals surface area contributed by atoms with E-state index in [0.717, 1.165) is 13.0 Å². The van der Waals surface area contributed by atoms with Gasteiger partial charge in [-0.05, 0) is 27.1 Å². The van der Waals surface area contributed by atoms with Gasteiger partial charge >= 0.3 is 0 Å². The number of rotatable bonds is 4. The molecule has 0 atom stereocenters. The van der Waals surface area contributed by atoms with E-state index in [1.54, 1.807) is 7.05 Å². The maximum atomic E-state index is 10.7. The summed E-state index contributed by atoms with van der Waals surface area (Å²) in [5, 5.41) is 2.58. The average Bonchev–Trinajstić information content (AvgIpc) is 2.07. The molecular formula is C9H22N2O. The van der Waals surface area contributed by atoms with Crippen LogP contribution < -0.4 is 5.32 Å². The van der Waals surface area contributed by atoms with Crippen molar-refractivity contribution >= 4 is 5.91 Å². The van der Waals surface area contributed by atoms with Crippen molar-refractivity contribution in [2.75, 3.05) is 27.7 Å². The van der Waals surface area contributed by atoms with Gasteiger partial charge in [0.05, 0.1) is 0 Å². The molecule has 74 valence electrons. The molecule has 0 bridgehead atoms. The fourth-order valence-corrected chi connectivity index (χ4v) is 0.681. The van der Waals surface area contributed by atoms with Gasteiger partial charge in [0.2, 0.25) is 5.91 Å². The van der Waals surface area contributed by atoms with E-state index in [0.29, 0.717) is 6.42 Å². The van der Waals surface area contributed by atoms with Crippen molar-refractivity contribution in [3.05, 3.63) is 0 Å². The monoisotopic (exact) mass is 174 g/mol. The number of hydrogen-bond donors (Lipinski definition) is 1. The molecule has 0 rings (SSSR count). The van der Waals surface area contributed by atoms with E-state index < -0.39 is 0 Å². The van der Waals surface area contributed by atoms with Crippen LogP contribution in [0.25, 0.3) is 0 Å². The van der Waals surface area contributed by atoms with Gasteiger partial charge in [0.15, 0.2) is 0 Å². The van der Waals surface area contributed by atoms with Crippen LogP contribution in [0.3, 0.4) is 0 Å². The summed E-state index contributed by atoms with van der Waals surface area (Å²) < 4.78 is 0. The van der Waals surface area contributed by atoms with Crippen molar-refractivity contribution in [3.8, 4) is 0 Å². The first-order valence-corrected chi connectivity index (χ1v) is 4.52. The van der Waals surface area contributed by atoms with E-state index in [1.165, 1.54) is 0 Å². The molecule has 0 aromatic carbocycles. The standard InChI is InChI=1S/C7H16N2O.C2H6/c1-8-7(10)5-4-6-9(2)3;1-2/h4-6H2,1-3H3,(H,8,10);1-2H3. The van der Waals surface area contributed by atoms with Crippen LogP contribution in [-0.2, 0) is 4.79 Å². The second kappa shape index (κ2) is 10.4. The van der Waals surface area contributed by atoms with Gasteiger partial charge in [-0.25, -0.2) is 0 Å². The Kier molecular flexibility index (Phi) is 12.2. The zero-order valence-corrected chi connectivity index (χ0v) is 8.98. The quantitative estimate of drug-likeness (QED) is 0.692. The number of nitrogens with one attached hydrogen (secondary N) is 1. The lowest BCUT2D eigenvalue weighted by molar-refractivity contribution is -0.120. The highest BCUT2D eigenvalue weighted by Crippen LogP contribution is 1.89. The summed E-state index contributed by atoms with van der Waals surface area (Å²) >= 11 is 0. The molecule has 1 N–H and O–H groups in total. The van der Waals surface area contributed by atoms with Crippen LogP contribution in [0.2, 0.25) is 0 Å². The highest BCUT2D eigenvalue weighted by molar-refractivity contribution is 5.75. The lowest BCUT2D eigenvalue weighted by Gasteiger charge is -2.07. The summed E-state index contributed by atoms with van der Waals surface area (Å²) in [7, 11) is 5.67. The Morgan fingerprint density at radius 2 is 1.83 bits per heavy atom. The van der Waals surface area contributed by atoms with Gasteiger partial charge in [-0.15, -0.1) is 0 Å². The summed E-state index contributed by atoms with van der Waals surface area (Å²) in [6.45, 7) is 4.98. The molecule has 0 aliphatic carbocycles. The summed E-state index contributed by atoms with van der Waals surface area (Å²) in [6.07, 6.45) is 1.57. The Morgan fingerprint density at radius 1 is 1.33 bits per heavy atom. The summed E-state index contributed by atoms with van der Waals surface area (Å²) in [4.78, 5) is 12.7.